The number of unbranched alkanes of at least 4 members (excludes halogenated alkanes) is 3. The largest absolute Gasteiger partial charge is 0.462 e. The van der Waals surface area contributed by atoms with E-state index in [1.165, 1.54) is 31.2 Å². The van der Waals surface area contributed by atoms with Gasteiger partial charge in [0, 0.05) is 6.07 Å². The van der Waals surface area contributed by atoms with E-state index in [1.807, 2.05) is 0 Å². The van der Waals surface area contributed by atoms with E-state index in [-0.39, 0.29) is 23.4 Å². The number of esters is 1. The average Bonchev–Trinajstić information content (AvgIpc) is 2.52. The van der Waals surface area contributed by atoms with Crippen molar-refractivity contribution in [2.24, 2.45) is 0 Å². The Balaban J connectivity index is 2.88. The lowest BCUT2D eigenvalue weighted by molar-refractivity contribution is -0.385. The number of para-hydroxylation sites is 1. The lowest BCUT2D eigenvalue weighted by atomic mass is 10.1. The highest BCUT2D eigenvalue weighted by atomic mass is 16.6. The predicted molar refractivity (Wildman–Crippen MR) is 86.9 cm³/mol. The molecule has 124 valence electrons. The maximum Gasteiger partial charge on any atom is 0.341 e. The summed E-state index contributed by atoms with van der Waals surface area (Å²) >= 11 is 0. The highest BCUT2D eigenvalue weighted by Crippen LogP contribution is 2.21. The third-order valence-electron chi connectivity index (χ3n) is 3.26. The summed E-state index contributed by atoms with van der Waals surface area (Å²) in [5, 5.41) is 11.0. The summed E-state index contributed by atoms with van der Waals surface area (Å²) in [7, 11) is 0. The molecule has 0 aliphatic carbocycles. The van der Waals surface area contributed by atoms with Crippen LogP contribution in [0.5, 0.6) is 0 Å². The molecule has 6 nitrogen and oxygen atoms in total. The summed E-state index contributed by atoms with van der Waals surface area (Å²) in [6.45, 7) is 3.55. The number of benzene rings is 1. The van der Waals surface area contributed by atoms with Gasteiger partial charge in [0.2, 0.25) is 0 Å². The molecular formula is C17H21NO5. The zero-order valence-corrected chi connectivity index (χ0v) is 13.4. The fraction of sp³-hybridized carbons (Fsp3) is 0.412. The number of carbonyl (C=O) groups excluding carboxylic acids is 2. The first-order valence-corrected chi connectivity index (χ1v) is 7.60. The van der Waals surface area contributed by atoms with Gasteiger partial charge >= 0.3 is 5.97 Å². The number of nitrogens with zero attached hydrogens (tertiary/aromatic N) is 1. The van der Waals surface area contributed by atoms with Gasteiger partial charge in [-0.15, -0.1) is 0 Å². The molecule has 6 heteroatoms. The molecule has 0 aliphatic rings. The smallest absolute Gasteiger partial charge is 0.341 e. The first-order valence-electron chi connectivity index (χ1n) is 7.60. The third-order valence-corrected chi connectivity index (χ3v) is 3.26. The van der Waals surface area contributed by atoms with Gasteiger partial charge in [0.05, 0.1) is 17.1 Å². The summed E-state index contributed by atoms with van der Waals surface area (Å²) < 4.78 is 5.09. The van der Waals surface area contributed by atoms with E-state index in [9.17, 15) is 19.7 Å². The van der Waals surface area contributed by atoms with Gasteiger partial charge in [0.25, 0.3) is 5.69 Å². The fourth-order valence-electron chi connectivity index (χ4n) is 2.01. The van der Waals surface area contributed by atoms with Gasteiger partial charge in [-0.05, 0) is 25.5 Å². The second kappa shape index (κ2) is 9.50. The molecule has 0 unspecified atom stereocenters. The third kappa shape index (κ3) is 6.02. The van der Waals surface area contributed by atoms with E-state index in [4.69, 9.17) is 4.74 Å². The van der Waals surface area contributed by atoms with Crippen LogP contribution in [0.2, 0.25) is 0 Å². The number of hydrogen-bond donors (Lipinski definition) is 0. The van der Waals surface area contributed by atoms with Crippen molar-refractivity contribution >= 4 is 23.5 Å². The molecule has 0 N–H and O–H groups in total. The van der Waals surface area contributed by atoms with Crippen LogP contribution in [0.3, 0.4) is 0 Å². The number of Topliss-reactive ketones (excluding diaryl/α,β-unsaturated/α-hetero) is 1. The lowest BCUT2D eigenvalue weighted by Crippen LogP contribution is -2.14. The Kier molecular flexibility index (Phi) is 7.66. The first kappa shape index (κ1) is 18.5. The van der Waals surface area contributed by atoms with Crippen molar-refractivity contribution < 1.29 is 19.2 Å². The summed E-state index contributed by atoms with van der Waals surface area (Å²) in [4.78, 5) is 34.1. The Labute approximate surface area is 135 Å². The van der Waals surface area contributed by atoms with E-state index < -0.39 is 16.7 Å². The molecule has 0 amide bonds. The highest BCUT2D eigenvalue weighted by Gasteiger charge is 2.19. The summed E-state index contributed by atoms with van der Waals surface area (Å²) in [5.74, 6) is -1.23. The second-order valence-corrected chi connectivity index (χ2v) is 5.13. The van der Waals surface area contributed by atoms with Crippen LogP contribution in [0.25, 0.3) is 6.08 Å². The van der Waals surface area contributed by atoms with E-state index in [0.717, 1.165) is 25.7 Å². The van der Waals surface area contributed by atoms with Crippen LogP contribution in [0.1, 0.15) is 45.1 Å². The topological polar surface area (TPSA) is 86.5 Å². The Morgan fingerprint density at radius 3 is 2.52 bits per heavy atom. The molecule has 23 heavy (non-hydrogen) atoms. The Bertz CT molecular complexity index is 607. The van der Waals surface area contributed by atoms with Crippen LogP contribution in [0.4, 0.5) is 5.69 Å². The first-order chi connectivity index (χ1) is 11.0. The van der Waals surface area contributed by atoms with Gasteiger partial charge in [-0.2, -0.15) is 0 Å². The lowest BCUT2D eigenvalue weighted by Gasteiger charge is -2.06. The number of hydrogen-bond acceptors (Lipinski definition) is 5. The fourth-order valence-corrected chi connectivity index (χ4v) is 2.01. The number of ether oxygens (including phenoxy) is 1. The molecule has 0 fully saturated rings. The molecule has 0 aromatic heterocycles. The minimum atomic E-state index is -0.743. The monoisotopic (exact) mass is 319 g/mol. The van der Waals surface area contributed by atoms with Gasteiger partial charge < -0.3 is 4.74 Å². The van der Waals surface area contributed by atoms with E-state index in [0.29, 0.717) is 0 Å². The Morgan fingerprint density at radius 1 is 1.22 bits per heavy atom. The van der Waals surface area contributed by atoms with Crippen LogP contribution in [-0.2, 0) is 14.3 Å². The minimum Gasteiger partial charge on any atom is -0.462 e. The number of carbonyl (C=O) groups is 2. The standard InChI is InChI=1S/C17H21NO5/c1-3-4-5-8-11-23-17(20)15(13(2)19)12-14-9-6-7-10-16(14)18(21)22/h6-7,9-10,12H,3-5,8,11H2,1-2H3/b15-12-. The van der Waals surface area contributed by atoms with Crippen LogP contribution in [-0.4, -0.2) is 23.3 Å². The molecule has 1 aromatic carbocycles. The SMILES string of the molecule is CCCCCCOC(=O)/C(=C\c1ccccc1[N+](=O)[O-])C(C)=O. The molecule has 0 spiro atoms. The van der Waals surface area contributed by atoms with Crippen molar-refractivity contribution in [3.05, 3.63) is 45.5 Å². The maximum atomic E-state index is 12.0. The van der Waals surface area contributed by atoms with E-state index in [1.54, 1.807) is 6.07 Å². The van der Waals surface area contributed by atoms with Gasteiger partial charge in [0.15, 0.2) is 5.78 Å². The molecule has 0 atom stereocenters. The molecular weight excluding hydrogens is 298 g/mol. The number of ketones is 1. The Hall–Kier alpha value is -2.50. The number of rotatable bonds is 9. The summed E-state index contributed by atoms with van der Waals surface area (Å²) in [5.41, 5.74) is -0.151. The van der Waals surface area contributed by atoms with Gasteiger partial charge in [-0.1, -0.05) is 38.3 Å². The van der Waals surface area contributed by atoms with E-state index in [2.05, 4.69) is 6.92 Å². The van der Waals surface area contributed by atoms with Crippen LogP contribution in [0, 0.1) is 10.1 Å². The molecule has 1 aromatic rings. The van der Waals surface area contributed by atoms with Crippen molar-refractivity contribution in [1.82, 2.24) is 0 Å². The average molecular weight is 319 g/mol. The molecule has 0 aliphatic heterocycles. The van der Waals surface area contributed by atoms with Gasteiger partial charge in [0.1, 0.15) is 5.57 Å². The number of nitro groups is 1. The van der Waals surface area contributed by atoms with Crippen molar-refractivity contribution in [1.29, 1.82) is 0 Å². The quantitative estimate of drug-likeness (QED) is 0.132. The molecule has 0 radical (unpaired) electrons. The molecule has 1 rings (SSSR count). The van der Waals surface area contributed by atoms with Crippen molar-refractivity contribution in [2.75, 3.05) is 6.61 Å². The molecule has 0 saturated heterocycles. The zero-order valence-electron chi connectivity index (χ0n) is 13.4. The van der Waals surface area contributed by atoms with Gasteiger partial charge in [-0.25, -0.2) is 4.79 Å². The summed E-state index contributed by atoms with van der Waals surface area (Å²) in [6.07, 6.45) is 5.03. The normalized spacial score (nSPS) is 11.1. The zero-order chi connectivity index (χ0) is 17.2. The van der Waals surface area contributed by atoms with Crippen LogP contribution in [0.15, 0.2) is 29.8 Å². The second-order valence-electron chi connectivity index (χ2n) is 5.13. The maximum absolute atomic E-state index is 12.0. The van der Waals surface area contributed by atoms with Crippen LogP contribution >= 0.6 is 0 Å². The van der Waals surface area contributed by atoms with Crippen molar-refractivity contribution in [3.63, 3.8) is 0 Å². The number of nitro benzene ring substituents is 1. The molecule has 0 bridgehead atoms. The highest BCUT2D eigenvalue weighted by molar-refractivity contribution is 6.20. The molecule has 0 saturated carbocycles. The summed E-state index contributed by atoms with van der Waals surface area (Å²) in [6, 6.07) is 5.93. The predicted octanol–water partition coefficient (Wildman–Crippen LogP) is 3.69. The molecule has 0 heterocycles. The van der Waals surface area contributed by atoms with Crippen molar-refractivity contribution in [2.45, 2.75) is 39.5 Å². The Morgan fingerprint density at radius 2 is 1.91 bits per heavy atom. The van der Waals surface area contributed by atoms with E-state index >= 15 is 0 Å². The van der Waals surface area contributed by atoms with Crippen molar-refractivity contribution in [3.8, 4) is 0 Å². The van der Waals surface area contributed by atoms with Gasteiger partial charge in [-0.3, -0.25) is 14.9 Å². The van der Waals surface area contributed by atoms with Crippen LogP contribution < -0.4 is 0 Å². The minimum absolute atomic E-state index is 0.165.